The Morgan fingerprint density at radius 3 is 2.71 bits per heavy atom. The number of rotatable bonds is 5. The van der Waals surface area contributed by atoms with Crippen molar-refractivity contribution in [2.45, 2.75) is 12.8 Å². The number of carbonyl (C=O) groups excluding carboxylic acids is 1. The average molecular weight is 190 g/mol. The van der Waals surface area contributed by atoms with Gasteiger partial charge in [-0.05, 0) is 25.0 Å². The highest BCUT2D eigenvalue weighted by molar-refractivity contribution is 5.89. The summed E-state index contributed by atoms with van der Waals surface area (Å²) in [4.78, 5) is 11.4. The van der Waals surface area contributed by atoms with Crippen LogP contribution in [0.25, 0.3) is 0 Å². The third-order valence-electron chi connectivity index (χ3n) is 1.80. The van der Waals surface area contributed by atoms with Crippen LogP contribution in [0.4, 0.5) is 0 Å². The van der Waals surface area contributed by atoms with Crippen LogP contribution in [-0.4, -0.2) is 12.6 Å². The van der Waals surface area contributed by atoms with Gasteiger partial charge in [-0.15, -0.1) is 6.58 Å². The third-order valence-corrected chi connectivity index (χ3v) is 1.80. The summed E-state index contributed by atoms with van der Waals surface area (Å²) in [6.07, 6.45) is 3.53. The molecule has 0 spiro atoms. The number of allylic oxidation sites excluding steroid dienone is 1. The average Bonchev–Trinajstić information content (AvgIpc) is 2.25. The molecule has 0 aliphatic rings. The second kappa shape index (κ2) is 5.97. The van der Waals surface area contributed by atoms with Crippen LogP contribution < -0.4 is 0 Å². The van der Waals surface area contributed by atoms with Crippen molar-refractivity contribution in [3.63, 3.8) is 0 Å². The summed E-state index contributed by atoms with van der Waals surface area (Å²) in [5.74, 6) is -0.255. The van der Waals surface area contributed by atoms with Gasteiger partial charge in [-0.1, -0.05) is 24.3 Å². The standard InChI is InChI=1S/C12H14O2/c1-2-3-7-10-14-12(13)11-8-5-4-6-9-11/h2,4-6,8-9H,1,3,7,10H2. The molecule has 0 aliphatic heterocycles. The fourth-order valence-electron chi connectivity index (χ4n) is 1.05. The largest absolute Gasteiger partial charge is 0.462 e. The lowest BCUT2D eigenvalue weighted by Crippen LogP contribution is -2.05. The quantitative estimate of drug-likeness (QED) is 0.405. The molecule has 14 heavy (non-hydrogen) atoms. The molecular formula is C12H14O2. The summed E-state index contributed by atoms with van der Waals surface area (Å²) >= 11 is 0. The molecule has 1 aromatic rings. The fraction of sp³-hybridized carbons (Fsp3) is 0.250. The summed E-state index contributed by atoms with van der Waals surface area (Å²) in [6.45, 7) is 4.05. The number of carbonyl (C=O) groups is 1. The first kappa shape index (κ1) is 10.5. The van der Waals surface area contributed by atoms with Crippen molar-refractivity contribution in [3.05, 3.63) is 48.6 Å². The van der Waals surface area contributed by atoms with E-state index in [9.17, 15) is 4.79 Å². The predicted molar refractivity (Wildman–Crippen MR) is 56.2 cm³/mol. The topological polar surface area (TPSA) is 26.3 Å². The molecule has 0 fully saturated rings. The summed E-state index contributed by atoms with van der Waals surface area (Å²) in [5.41, 5.74) is 0.603. The molecule has 0 atom stereocenters. The Balaban J connectivity index is 2.32. The maximum Gasteiger partial charge on any atom is 0.338 e. The second-order valence-corrected chi connectivity index (χ2v) is 2.93. The lowest BCUT2D eigenvalue weighted by atomic mass is 10.2. The smallest absolute Gasteiger partial charge is 0.338 e. The van der Waals surface area contributed by atoms with Crippen LogP contribution in [-0.2, 0) is 4.74 Å². The minimum atomic E-state index is -0.255. The Kier molecular flexibility index (Phi) is 4.48. The number of esters is 1. The number of benzene rings is 1. The number of hydrogen-bond donors (Lipinski definition) is 0. The van der Waals surface area contributed by atoms with Crippen molar-refractivity contribution in [3.8, 4) is 0 Å². The molecule has 0 bridgehead atoms. The minimum Gasteiger partial charge on any atom is -0.462 e. The van der Waals surface area contributed by atoms with Gasteiger partial charge in [-0.25, -0.2) is 4.79 Å². The van der Waals surface area contributed by atoms with Gasteiger partial charge in [0.25, 0.3) is 0 Å². The molecular weight excluding hydrogens is 176 g/mol. The molecule has 0 unspecified atom stereocenters. The van der Waals surface area contributed by atoms with Crippen LogP contribution in [0.2, 0.25) is 0 Å². The second-order valence-electron chi connectivity index (χ2n) is 2.93. The summed E-state index contributed by atoms with van der Waals surface area (Å²) in [7, 11) is 0. The molecule has 0 saturated heterocycles. The lowest BCUT2D eigenvalue weighted by molar-refractivity contribution is 0.0501. The van der Waals surface area contributed by atoms with E-state index in [0.717, 1.165) is 12.8 Å². The first-order valence-corrected chi connectivity index (χ1v) is 4.67. The van der Waals surface area contributed by atoms with Gasteiger partial charge < -0.3 is 4.74 Å². The number of hydrogen-bond acceptors (Lipinski definition) is 2. The van der Waals surface area contributed by atoms with Crippen LogP contribution in [0.3, 0.4) is 0 Å². The zero-order valence-corrected chi connectivity index (χ0v) is 8.11. The van der Waals surface area contributed by atoms with Gasteiger partial charge in [-0.3, -0.25) is 0 Å². The molecule has 2 heteroatoms. The number of unbranched alkanes of at least 4 members (excludes halogenated alkanes) is 1. The van der Waals surface area contributed by atoms with E-state index in [0.29, 0.717) is 12.2 Å². The molecule has 0 radical (unpaired) electrons. The van der Waals surface area contributed by atoms with E-state index >= 15 is 0 Å². The third kappa shape index (κ3) is 3.44. The van der Waals surface area contributed by atoms with E-state index in [-0.39, 0.29) is 5.97 Å². The van der Waals surface area contributed by atoms with Crippen LogP contribution in [0.1, 0.15) is 23.2 Å². The van der Waals surface area contributed by atoms with Crippen molar-refractivity contribution in [1.82, 2.24) is 0 Å². The summed E-state index contributed by atoms with van der Waals surface area (Å²) in [5, 5.41) is 0. The van der Waals surface area contributed by atoms with Gasteiger partial charge in [0.2, 0.25) is 0 Å². The highest BCUT2D eigenvalue weighted by Gasteiger charge is 2.04. The van der Waals surface area contributed by atoms with E-state index in [1.807, 2.05) is 24.3 Å². The molecule has 0 amide bonds. The first-order valence-electron chi connectivity index (χ1n) is 4.67. The van der Waals surface area contributed by atoms with Gasteiger partial charge in [-0.2, -0.15) is 0 Å². The van der Waals surface area contributed by atoms with E-state index in [1.165, 1.54) is 0 Å². The minimum absolute atomic E-state index is 0.255. The lowest BCUT2D eigenvalue weighted by Gasteiger charge is -2.02. The molecule has 0 saturated carbocycles. The highest BCUT2D eigenvalue weighted by Crippen LogP contribution is 2.01. The Bertz CT molecular complexity index is 290. The fourth-order valence-corrected chi connectivity index (χ4v) is 1.05. The normalized spacial score (nSPS) is 9.43. The predicted octanol–water partition coefficient (Wildman–Crippen LogP) is 2.81. The van der Waals surface area contributed by atoms with Gasteiger partial charge >= 0.3 is 5.97 Å². The van der Waals surface area contributed by atoms with Gasteiger partial charge in [0.15, 0.2) is 0 Å². The van der Waals surface area contributed by atoms with Crippen molar-refractivity contribution in [1.29, 1.82) is 0 Å². The highest BCUT2D eigenvalue weighted by atomic mass is 16.5. The van der Waals surface area contributed by atoms with Crippen molar-refractivity contribution in [2.75, 3.05) is 6.61 Å². The molecule has 74 valence electrons. The Morgan fingerprint density at radius 2 is 2.07 bits per heavy atom. The van der Waals surface area contributed by atoms with Gasteiger partial charge in [0.05, 0.1) is 12.2 Å². The van der Waals surface area contributed by atoms with Crippen molar-refractivity contribution < 1.29 is 9.53 Å². The van der Waals surface area contributed by atoms with Gasteiger partial charge in [0, 0.05) is 0 Å². The van der Waals surface area contributed by atoms with E-state index in [2.05, 4.69) is 6.58 Å². The van der Waals surface area contributed by atoms with Crippen molar-refractivity contribution >= 4 is 5.97 Å². The molecule has 0 aliphatic carbocycles. The molecule has 0 N–H and O–H groups in total. The summed E-state index contributed by atoms with van der Waals surface area (Å²) < 4.78 is 5.04. The van der Waals surface area contributed by atoms with E-state index < -0.39 is 0 Å². The monoisotopic (exact) mass is 190 g/mol. The molecule has 1 aromatic carbocycles. The van der Waals surface area contributed by atoms with E-state index in [4.69, 9.17) is 4.74 Å². The zero-order chi connectivity index (χ0) is 10.2. The Labute approximate surface area is 84.2 Å². The summed E-state index contributed by atoms with van der Waals surface area (Å²) in [6, 6.07) is 9.00. The Morgan fingerprint density at radius 1 is 1.36 bits per heavy atom. The molecule has 0 aromatic heterocycles. The maximum atomic E-state index is 11.4. The molecule has 2 nitrogen and oxygen atoms in total. The van der Waals surface area contributed by atoms with Gasteiger partial charge in [0.1, 0.15) is 0 Å². The van der Waals surface area contributed by atoms with Crippen LogP contribution >= 0.6 is 0 Å². The molecule has 0 heterocycles. The number of ether oxygens (including phenoxy) is 1. The van der Waals surface area contributed by atoms with Crippen molar-refractivity contribution in [2.24, 2.45) is 0 Å². The SMILES string of the molecule is C=CCCCOC(=O)c1ccccc1. The first-order chi connectivity index (χ1) is 6.84. The Hall–Kier alpha value is -1.57. The van der Waals surface area contributed by atoms with Crippen LogP contribution in [0.5, 0.6) is 0 Å². The molecule has 1 rings (SSSR count). The van der Waals surface area contributed by atoms with Crippen LogP contribution in [0, 0.1) is 0 Å². The zero-order valence-electron chi connectivity index (χ0n) is 8.11. The van der Waals surface area contributed by atoms with Crippen LogP contribution in [0.15, 0.2) is 43.0 Å². The maximum absolute atomic E-state index is 11.4. The van der Waals surface area contributed by atoms with E-state index in [1.54, 1.807) is 12.1 Å².